The lowest BCUT2D eigenvalue weighted by Crippen LogP contribution is -2.46. The summed E-state index contributed by atoms with van der Waals surface area (Å²) in [6, 6.07) is 16.2. The molecule has 33 heavy (non-hydrogen) atoms. The van der Waals surface area contributed by atoms with Crippen LogP contribution < -0.4 is 16.0 Å². The Morgan fingerprint density at radius 1 is 1.00 bits per heavy atom. The Kier molecular flexibility index (Phi) is 8.18. The largest absolute Gasteiger partial charge is 0.463 e. The minimum absolute atomic E-state index is 0.0459. The first kappa shape index (κ1) is 23.5. The molecule has 1 atom stereocenters. The average Bonchev–Trinajstić information content (AvgIpc) is 2.83. The monoisotopic (exact) mass is 451 g/mol. The molecule has 3 N–H and O–H groups in total. The fourth-order valence-corrected chi connectivity index (χ4v) is 3.19. The van der Waals surface area contributed by atoms with E-state index in [1.165, 1.54) is 0 Å². The molecule has 2 aromatic rings. The van der Waals surface area contributed by atoms with Crippen molar-refractivity contribution in [3.63, 3.8) is 0 Å². The summed E-state index contributed by atoms with van der Waals surface area (Å²) in [6.07, 6.45) is 0.204. The SMILES string of the molecule is CCOC(=O)C1=C(COC(=O)C(Cc2ccccc2)NC(=O)c2ccccc2)NC(=O)NC1. The van der Waals surface area contributed by atoms with Crippen LogP contribution in [0.4, 0.5) is 4.79 Å². The van der Waals surface area contributed by atoms with E-state index in [1.807, 2.05) is 30.3 Å². The Morgan fingerprint density at radius 2 is 1.67 bits per heavy atom. The topological polar surface area (TPSA) is 123 Å². The molecule has 0 radical (unpaired) electrons. The lowest BCUT2D eigenvalue weighted by Gasteiger charge is -2.22. The van der Waals surface area contributed by atoms with E-state index >= 15 is 0 Å². The van der Waals surface area contributed by atoms with Crippen molar-refractivity contribution in [3.05, 3.63) is 83.1 Å². The summed E-state index contributed by atoms with van der Waals surface area (Å²) in [5.74, 6) is -1.74. The van der Waals surface area contributed by atoms with Gasteiger partial charge in [-0.1, -0.05) is 48.5 Å². The van der Waals surface area contributed by atoms with E-state index in [0.29, 0.717) is 5.56 Å². The summed E-state index contributed by atoms with van der Waals surface area (Å²) in [4.78, 5) is 49.5. The van der Waals surface area contributed by atoms with Gasteiger partial charge in [-0.2, -0.15) is 0 Å². The molecule has 1 unspecified atom stereocenters. The van der Waals surface area contributed by atoms with Gasteiger partial charge in [0.25, 0.3) is 5.91 Å². The van der Waals surface area contributed by atoms with E-state index in [1.54, 1.807) is 37.3 Å². The fraction of sp³-hybridized carbons (Fsp3) is 0.250. The third kappa shape index (κ3) is 6.67. The first-order chi connectivity index (χ1) is 16.0. The van der Waals surface area contributed by atoms with Crippen molar-refractivity contribution < 1.29 is 28.7 Å². The summed E-state index contributed by atoms with van der Waals surface area (Å²) >= 11 is 0. The van der Waals surface area contributed by atoms with Crippen LogP contribution in [0.15, 0.2) is 71.9 Å². The molecule has 0 saturated carbocycles. The van der Waals surface area contributed by atoms with Crippen LogP contribution >= 0.6 is 0 Å². The van der Waals surface area contributed by atoms with Crippen LogP contribution in [0.25, 0.3) is 0 Å². The maximum absolute atomic E-state index is 12.9. The molecule has 0 aliphatic carbocycles. The van der Waals surface area contributed by atoms with Gasteiger partial charge in [-0.3, -0.25) is 4.79 Å². The second-order valence-corrected chi connectivity index (χ2v) is 7.17. The van der Waals surface area contributed by atoms with E-state index in [-0.39, 0.29) is 37.4 Å². The highest BCUT2D eigenvalue weighted by molar-refractivity contribution is 5.97. The number of nitrogens with one attached hydrogen (secondary N) is 3. The van der Waals surface area contributed by atoms with Gasteiger partial charge in [0, 0.05) is 12.0 Å². The van der Waals surface area contributed by atoms with Crippen molar-refractivity contribution in [2.45, 2.75) is 19.4 Å². The number of hydrogen-bond acceptors (Lipinski definition) is 6. The van der Waals surface area contributed by atoms with Crippen molar-refractivity contribution in [3.8, 4) is 0 Å². The standard InChI is InChI=1S/C24H25N3O6/c1-2-32-22(29)18-14-25-24(31)27-20(18)15-33-23(30)19(13-16-9-5-3-6-10-16)26-21(28)17-11-7-4-8-12-17/h3-12,19H,2,13-15H2,1H3,(H,26,28)(H2,25,27,31). The average molecular weight is 451 g/mol. The van der Waals surface area contributed by atoms with Gasteiger partial charge in [0.2, 0.25) is 0 Å². The third-order valence-corrected chi connectivity index (χ3v) is 4.84. The van der Waals surface area contributed by atoms with Crippen LogP contribution in [-0.4, -0.2) is 49.7 Å². The van der Waals surface area contributed by atoms with Crippen molar-refractivity contribution in [2.24, 2.45) is 0 Å². The molecule has 9 nitrogen and oxygen atoms in total. The van der Waals surface area contributed by atoms with Crippen molar-refractivity contribution >= 4 is 23.9 Å². The zero-order valence-corrected chi connectivity index (χ0v) is 18.1. The molecule has 9 heteroatoms. The van der Waals surface area contributed by atoms with E-state index < -0.39 is 29.9 Å². The molecule has 0 fully saturated rings. The number of carbonyl (C=O) groups is 4. The minimum Gasteiger partial charge on any atom is -0.463 e. The van der Waals surface area contributed by atoms with E-state index in [4.69, 9.17) is 9.47 Å². The second-order valence-electron chi connectivity index (χ2n) is 7.17. The summed E-state index contributed by atoms with van der Waals surface area (Å²) < 4.78 is 10.4. The highest BCUT2D eigenvalue weighted by atomic mass is 16.5. The molecule has 3 rings (SSSR count). The van der Waals surface area contributed by atoms with Crippen LogP contribution in [0.2, 0.25) is 0 Å². The van der Waals surface area contributed by atoms with Crippen molar-refractivity contribution in [1.29, 1.82) is 0 Å². The lowest BCUT2D eigenvalue weighted by molar-refractivity contribution is -0.145. The molecular formula is C24H25N3O6. The highest BCUT2D eigenvalue weighted by Crippen LogP contribution is 2.11. The Morgan fingerprint density at radius 3 is 2.33 bits per heavy atom. The van der Waals surface area contributed by atoms with Crippen LogP contribution in [0, 0.1) is 0 Å². The number of benzene rings is 2. The van der Waals surface area contributed by atoms with Crippen LogP contribution in [0.3, 0.4) is 0 Å². The van der Waals surface area contributed by atoms with Gasteiger partial charge >= 0.3 is 18.0 Å². The number of carbonyl (C=O) groups excluding carboxylic acids is 4. The van der Waals surface area contributed by atoms with Gasteiger partial charge in [-0.25, -0.2) is 14.4 Å². The number of rotatable bonds is 9. The first-order valence-electron chi connectivity index (χ1n) is 10.5. The molecule has 172 valence electrons. The molecule has 2 aromatic carbocycles. The molecule has 0 spiro atoms. The molecule has 3 amide bonds. The fourth-order valence-electron chi connectivity index (χ4n) is 3.19. The van der Waals surface area contributed by atoms with E-state index in [0.717, 1.165) is 5.56 Å². The van der Waals surface area contributed by atoms with Crippen LogP contribution in [-0.2, 0) is 25.5 Å². The quantitative estimate of drug-likeness (QED) is 0.499. The number of ether oxygens (including phenoxy) is 2. The molecule has 0 bridgehead atoms. The van der Waals surface area contributed by atoms with Gasteiger partial charge in [-0.05, 0) is 24.6 Å². The van der Waals surface area contributed by atoms with Gasteiger partial charge in [0.1, 0.15) is 12.6 Å². The lowest BCUT2D eigenvalue weighted by atomic mass is 10.1. The van der Waals surface area contributed by atoms with E-state index in [9.17, 15) is 19.2 Å². The summed E-state index contributed by atoms with van der Waals surface area (Å²) in [6.45, 7) is 1.42. The first-order valence-corrected chi connectivity index (χ1v) is 10.5. The Balaban J connectivity index is 1.75. The Hall–Kier alpha value is -4.14. The van der Waals surface area contributed by atoms with Gasteiger partial charge in [0.15, 0.2) is 0 Å². The summed E-state index contributed by atoms with van der Waals surface area (Å²) in [7, 11) is 0. The maximum Gasteiger partial charge on any atom is 0.337 e. The third-order valence-electron chi connectivity index (χ3n) is 4.84. The number of esters is 2. The van der Waals surface area contributed by atoms with E-state index in [2.05, 4.69) is 16.0 Å². The summed E-state index contributed by atoms with van der Waals surface area (Å²) in [5, 5.41) is 7.67. The molecule has 0 saturated heterocycles. The number of urea groups is 1. The predicted molar refractivity (Wildman–Crippen MR) is 119 cm³/mol. The van der Waals surface area contributed by atoms with Gasteiger partial charge in [-0.15, -0.1) is 0 Å². The Labute approximate surface area is 191 Å². The minimum atomic E-state index is -0.982. The van der Waals surface area contributed by atoms with Crippen molar-refractivity contribution in [2.75, 3.05) is 19.8 Å². The molecule has 1 aliphatic heterocycles. The van der Waals surface area contributed by atoms with Gasteiger partial charge in [0.05, 0.1) is 24.4 Å². The van der Waals surface area contributed by atoms with Gasteiger partial charge < -0.3 is 25.4 Å². The van der Waals surface area contributed by atoms with Crippen molar-refractivity contribution in [1.82, 2.24) is 16.0 Å². The van der Waals surface area contributed by atoms with Crippen LogP contribution in [0.1, 0.15) is 22.8 Å². The zero-order valence-electron chi connectivity index (χ0n) is 18.1. The second kappa shape index (κ2) is 11.5. The maximum atomic E-state index is 12.9. The smallest absolute Gasteiger partial charge is 0.337 e. The van der Waals surface area contributed by atoms with Crippen LogP contribution in [0.5, 0.6) is 0 Å². The number of amides is 3. The molecule has 1 aliphatic rings. The normalized spacial score (nSPS) is 13.9. The predicted octanol–water partition coefficient (Wildman–Crippen LogP) is 1.70. The Bertz CT molecular complexity index is 1040. The molecular weight excluding hydrogens is 426 g/mol. The highest BCUT2D eigenvalue weighted by Gasteiger charge is 2.27. The number of hydrogen-bond donors (Lipinski definition) is 3. The zero-order chi connectivity index (χ0) is 23.6. The molecule has 0 aromatic heterocycles. The molecule has 1 heterocycles. The summed E-state index contributed by atoms with van der Waals surface area (Å²) in [5.41, 5.74) is 1.53.